The van der Waals surface area contributed by atoms with Crippen molar-refractivity contribution in [3.63, 3.8) is 0 Å². The normalized spacial score (nSPS) is 25.6. The summed E-state index contributed by atoms with van der Waals surface area (Å²) in [4.78, 5) is 28.0. The summed E-state index contributed by atoms with van der Waals surface area (Å²) in [6.07, 6.45) is 3.85. The van der Waals surface area contributed by atoms with Gasteiger partial charge in [-0.05, 0) is 38.5 Å². The Morgan fingerprint density at radius 3 is 2.57 bits per heavy atom. The Morgan fingerprint density at radius 1 is 1.35 bits per heavy atom. The van der Waals surface area contributed by atoms with E-state index in [9.17, 15) is 14.9 Å². The second kappa shape index (κ2) is 6.36. The zero-order chi connectivity index (χ0) is 16.4. The third kappa shape index (κ3) is 3.58. The molecule has 0 spiro atoms. The second-order valence-corrected chi connectivity index (χ2v) is 7.07. The molecule has 3 aliphatic rings. The highest BCUT2D eigenvalue weighted by Crippen LogP contribution is 2.39. The van der Waals surface area contributed by atoms with Crippen molar-refractivity contribution in [3.8, 4) is 6.07 Å². The maximum Gasteiger partial charge on any atom is 0.317 e. The Kier molecular flexibility index (Phi) is 4.44. The van der Waals surface area contributed by atoms with Crippen LogP contribution < -0.4 is 10.6 Å². The number of amides is 3. The number of nitriles is 1. The number of hydrogen-bond acceptors (Lipinski definition) is 4. The number of carbonyl (C=O) groups excluding carboxylic acids is 2. The molecule has 23 heavy (non-hydrogen) atoms. The summed E-state index contributed by atoms with van der Waals surface area (Å²) < 4.78 is 0. The third-order valence-corrected chi connectivity index (χ3v) is 5.28. The van der Waals surface area contributed by atoms with Crippen molar-refractivity contribution in [2.45, 2.75) is 44.2 Å². The average Bonchev–Trinajstić information content (AvgIpc) is 3.31. The Hall–Kier alpha value is -1.81. The minimum Gasteiger partial charge on any atom is -0.337 e. The maximum atomic E-state index is 12.2. The molecule has 126 valence electrons. The minimum absolute atomic E-state index is 0.0374. The van der Waals surface area contributed by atoms with E-state index in [1.54, 1.807) is 0 Å². The molecule has 2 aliphatic heterocycles. The molecule has 7 nitrogen and oxygen atoms in total. The van der Waals surface area contributed by atoms with Crippen molar-refractivity contribution in [1.82, 2.24) is 20.4 Å². The van der Waals surface area contributed by atoms with E-state index in [-0.39, 0.29) is 18.0 Å². The molecular formula is C16H25N5O2. The average molecular weight is 319 g/mol. The van der Waals surface area contributed by atoms with Crippen molar-refractivity contribution >= 4 is 11.9 Å². The molecular weight excluding hydrogens is 294 g/mol. The summed E-state index contributed by atoms with van der Waals surface area (Å²) >= 11 is 0. The molecule has 0 radical (unpaired) electrons. The first-order chi connectivity index (χ1) is 11.0. The fraction of sp³-hybridized carbons (Fsp3) is 0.812. The smallest absolute Gasteiger partial charge is 0.317 e. The van der Waals surface area contributed by atoms with Crippen LogP contribution in [-0.2, 0) is 4.79 Å². The van der Waals surface area contributed by atoms with E-state index in [0.717, 1.165) is 51.9 Å². The molecule has 7 heteroatoms. The Labute approximate surface area is 137 Å². The first-order valence-electron chi connectivity index (χ1n) is 8.51. The fourth-order valence-corrected chi connectivity index (χ4v) is 3.64. The number of piperidine rings is 1. The van der Waals surface area contributed by atoms with Gasteiger partial charge >= 0.3 is 6.03 Å². The summed E-state index contributed by atoms with van der Waals surface area (Å²) in [6, 6.07) is 2.58. The zero-order valence-corrected chi connectivity index (χ0v) is 13.7. The lowest BCUT2D eigenvalue weighted by molar-refractivity contribution is -0.124. The molecule has 0 aromatic rings. The Balaban J connectivity index is 1.44. The lowest BCUT2D eigenvalue weighted by atomic mass is 9.98. The highest BCUT2D eigenvalue weighted by Gasteiger charge is 2.43. The van der Waals surface area contributed by atoms with E-state index >= 15 is 0 Å². The van der Waals surface area contributed by atoms with E-state index in [1.165, 1.54) is 0 Å². The zero-order valence-electron chi connectivity index (χ0n) is 13.7. The van der Waals surface area contributed by atoms with Crippen LogP contribution in [0.15, 0.2) is 0 Å². The van der Waals surface area contributed by atoms with Crippen LogP contribution in [0.4, 0.5) is 4.79 Å². The molecule has 1 saturated carbocycles. The lowest BCUT2D eigenvalue weighted by Gasteiger charge is -2.36. The molecule has 2 saturated heterocycles. The monoisotopic (exact) mass is 319 g/mol. The molecule has 3 fully saturated rings. The molecule has 0 unspecified atom stereocenters. The second-order valence-electron chi connectivity index (χ2n) is 7.07. The van der Waals surface area contributed by atoms with Gasteiger partial charge in [0.2, 0.25) is 5.91 Å². The predicted octanol–water partition coefficient (Wildman–Crippen LogP) is 0.284. The fourth-order valence-electron chi connectivity index (χ4n) is 3.64. The van der Waals surface area contributed by atoms with Crippen molar-refractivity contribution in [1.29, 1.82) is 5.26 Å². The summed E-state index contributed by atoms with van der Waals surface area (Å²) in [5.74, 6) is 0.231. The molecule has 2 heterocycles. The van der Waals surface area contributed by atoms with E-state index in [2.05, 4.69) is 21.6 Å². The van der Waals surface area contributed by atoms with Crippen LogP contribution in [-0.4, -0.2) is 66.0 Å². The number of nitrogens with zero attached hydrogens (tertiary/aromatic N) is 3. The molecule has 1 aliphatic carbocycles. The van der Waals surface area contributed by atoms with Gasteiger partial charge in [0, 0.05) is 32.2 Å². The Bertz CT molecular complexity index is 519. The number of hydrogen-bond donors (Lipinski definition) is 2. The van der Waals surface area contributed by atoms with Gasteiger partial charge in [-0.1, -0.05) is 0 Å². The summed E-state index contributed by atoms with van der Waals surface area (Å²) in [7, 11) is 0. The largest absolute Gasteiger partial charge is 0.337 e. The van der Waals surface area contributed by atoms with E-state index in [1.807, 2.05) is 11.8 Å². The van der Waals surface area contributed by atoms with Gasteiger partial charge in [-0.2, -0.15) is 5.26 Å². The van der Waals surface area contributed by atoms with E-state index in [0.29, 0.717) is 12.5 Å². The van der Waals surface area contributed by atoms with Gasteiger partial charge in [0.25, 0.3) is 0 Å². The summed E-state index contributed by atoms with van der Waals surface area (Å²) in [6.45, 7) is 5.30. The summed E-state index contributed by atoms with van der Waals surface area (Å²) in [5.41, 5.74) is -0.719. The molecule has 3 rings (SSSR count). The van der Waals surface area contributed by atoms with Crippen LogP contribution in [0.5, 0.6) is 0 Å². The SMILES string of the molecule is C[C@](C#N)(NC(=O)CN1CCC(N2CCNC2=O)CC1)C1CC1. The maximum absolute atomic E-state index is 12.2. The highest BCUT2D eigenvalue weighted by molar-refractivity contribution is 5.79. The van der Waals surface area contributed by atoms with Crippen molar-refractivity contribution < 1.29 is 9.59 Å². The van der Waals surface area contributed by atoms with Gasteiger partial charge < -0.3 is 15.5 Å². The highest BCUT2D eigenvalue weighted by atomic mass is 16.2. The van der Waals surface area contributed by atoms with Crippen molar-refractivity contribution in [3.05, 3.63) is 0 Å². The van der Waals surface area contributed by atoms with Crippen LogP contribution in [0.3, 0.4) is 0 Å². The van der Waals surface area contributed by atoms with Crippen molar-refractivity contribution in [2.24, 2.45) is 5.92 Å². The van der Waals surface area contributed by atoms with Gasteiger partial charge in [0.1, 0.15) is 5.54 Å². The minimum atomic E-state index is -0.719. The predicted molar refractivity (Wildman–Crippen MR) is 84.5 cm³/mol. The number of nitrogens with one attached hydrogen (secondary N) is 2. The van der Waals surface area contributed by atoms with Gasteiger partial charge in [-0.15, -0.1) is 0 Å². The van der Waals surface area contributed by atoms with Crippen LogP contribution in [0.1, 0.15) is 32.6 Å². The van der Waals surface area contributed by atoms with Gasteiger partial charge in [-0.25, -0.2) is 4.79 Å². The van der Waals surface area contributed by atoms with Gasteiger partial charge in [0.05, 0.1) is 12.6 Å². The van der Waals surface area contributed by atoms with Gasteiger partial charge in [-0.3, -0.25) is 9.69 Å². The molecule has 0 bridgehead atoms. The standard InChI is InChI=1S/C16H25N5O2/c1-16(11-17,12-2-3-12)19-14(22)10-20-7-4-13(5-8-20)21-9-6-18-15(21)23/h12-13H,2-10H2,1H3,(H,18,23)(H,19,22)/t16-/m1/s1. The Morgan fingerprint density at radius 2 is 2.04 bits per heavy atom. The molecule has 1 atom stereocenters. The first-order valence-corrected chi connectivity index (χ1v) is 8.51. The number of carbonyl (C=O) groups is 2. The van der Waals surface area contributed by atoms with Crippen LogP contribution in [0.25, 0.3) is 0 Å². The third-order valence-electron chi connectivity index (χ3n) is 5.28. The van der Waals surface area contributed by atoms with Gasteiger partial charge in [0.15, 0.2) is 0 Å². The quantitative estimate of drug-likeness (QED) is 0.762. The molecule has 0 aromatic heterocycles. The van der Waals surface area contributed by atoms with Crippen LogP contribution in [0, 0.1) is 17.2 Å². The number of likely N-dealkylation sites (tertiary alicyclic amines) is 1. The van der Waals surface area contributed by atoms with Crippen LogP contribution in [0.2, 0.25) is 0 Å². The topological polar surface area (TPSA) is 88.5 Å². The first kappa shape index (κ1) is 16.1. The van der Waals surface area contributed by atoms with E-state index < -0.39 is 5.54 Å². The van der Waals surface area contributed by atoms with Crippen LogP contribution >= 0.6 is 0 Å². The molecule has 3 amide bonds. The van der Waals surface area contributed by atoms with Crippen molar-refractivity contribution in [2.75, 3.05) is 32.7 Å². The molecule has 2 N–H and O–H groups in total. The number of rotatable bonds is 5. The van der Waals surface area contributed by atoms with E-state index in [4.69, 9.17) is 0 Å². The molecule has 0 aromatic carbocycles. The summed E-state index contributed by atoms with van der Waals surface area (Å²) in [5, 5.41) is 15.1. The lowest BCUT2D eigenvalue weighted by Crippen LogP contribution is -2.52. The number of urea groups is 1.